The van der Waals surface area contributed by atoms with E-state index in [1.165, 1.54) is 30.3 Å². The number of rotatable bonds is 9. The van der Waals surface area contributed by atoms with Gasteiger partial charge in [0, 0.05) is 17.1 Å². The van der Waals surface area contributed by atoms with E-state index in [4.69, 9.17) is 17.3 Å². The van der Waals surface area contributed by atoms with E-state index in [9.17, 15) is 40.7 Å². The highest BCUT2D eigenvalue weighted by Gasteiger charge is 2.32. The highest BCUT2D eigenvalue weighted by Crippen LogP contribution is 2.31. The predicted octanol–water partition coefficient (Wildman–Crippen LogP) is 4.29. The van der Waals surface area contributed by atoms with Crippen molar-refractivity contribution < 1.29 is 40.7 Å². The average molecular weight is 580 g/mol. The zero-order valence-corrected chi connectivity index (χ0v) is 20.5. The summed E-state index contributed by atoms with van der Waals surface area (Å²) in [6, 6.07) is 8.22. The second-order valence-electron chi connectivity index (χ2n) is 8.16. The summed E-state index contributed by atoms with van der Waals surface area (Å²) in [6.07, 6.45) is -11.9. The van der Waals surface area contributed by atoms with Crippen LogP contribution in [0, 0.1) is 0 Å². The fourth-order valence-electron chi connectivity index (χ4n) is 3.49. The summed E-state index contributed by atoms with van der Waals surface area (Å²) >= 11 is 5.85. The number of carbonyl (C=O) groups excluding carboxylic acids is 2. The van der Waals surface area contributed by atoms with E-state index in [2.05, 4.69) is 15.2 Å². The summed E-state index contributed by atoms with van der Waals surface area (Å²) in [6.45, 7) is -2.25. The van der Waals surface area contributed by atoms with Gasteiger partial charge in [-0.25, -0.2) is 14.3 Å². The van der Waals surface area contributed by atoms with Gasteiger partial charge in [0.25, 0.3) is 0 Å². The summed E-state index contributed by atoms with van der Waals surface area (Å²) in [5.74, 6) is -1.13. The third-order valence-electron chi connectivity index (χ3n) is 5.28. The van der Waals surface area contributed by atoms with Gasteiger partial charge in [0.1, 0.15) is 13.2 Å². The Morgan fingerprint density at radius 2 is 1.74 bits per heavy atom. The minimum absolute atomic E-state index is 0.0932. The fourth-order valence-corrected chi connectivity index (χ4v) is 3.62. The van der Waals surface area contributed by atoms with Crippen LogP contribution in [0.5, 0.6) is 0 Å². The van der Waals surface area contributed by atoms with E-state index in [1.807, 2.05) is 0 Å². The lowest BCUT2D eigenvalue weighted by Crippen LogP contribution is -2.38. The van der Waals surface area contributed by atoms with Crippen LogP contribution in [-0.2, 0) is 28.8 Å². The lowest BCUT2D eigenvalue weighted by atomic mass is 10.0. The first-order valence-electron chi connectivity index (χ1n) is 11.0. The van der Waals surface area contributed by atoms with Gasteiger partial charge < -0.3 is 15.8 Å². The molecule has 0 saturated carbocycles. The van der Waals surface area contributed by atoms with Gasteiger partial charge >= 0.3 is 24.1 Å². The Morgan fingerprint density at radius 3 is 2.33 bits per heavy atom. The van der Waals surface area contributed by atoms with Crippen molar-refractivity contribution in [2.24, 2.45) is 5.73 Å². The summed E-state index contributed by atoms with van der Waals surface area (Å²) in [7, 11) is 0. The maximum absolute atomic E-state index is 13.2. The van der Waals surface area contributed by atoms with Crippen LogP contribution in [0.1, 0.15) is 23.6 Å². The van der Waals surface area contributed by atoms with Crippen molar-refractivity contribution in [3.8, 4) is 11.4 Å². The van der Waals surface area contributed by atoms with Crippen LogP contribution in [0.25, 0.3) is 11.4 Å². The number of aromatic nitrogens is 3. The maximum Gasteiger partial charge on any atom is 0.416 e. The highest BCUT2D eigenvalue weighted by atomic mass is 35.5. The number of benzene rings is 2. The molecule has 1 aromatic heterocycles. The van der Waals surface area contributed by atoms with Crippen molar-refractivity contribution in [1.82, 2.24) is 19.7 Å². The Bertz CT molecular complexity index is 1390. The van der Waals surface area contributed by atoms with Crippen LogP contribution in [0.4, 0.5) is 31.1 Å². The number of amides is 2. The van der Waals surface area contributed by atoms with E-state index in [0.717, 1.165) is 22.8 Å². The molecule has 3 N–H and O–H groups in total. The molecule has 0 radical (unpaired) electrons. The predicted molar refractivity (Wildman–Crippen MR) is 125 cm³/mol. The monoisotopic (exact) mass is 579 g/mol. The molecule has 1 heterocycles. The first kappa shape index (κ1) is 29.5. The largest absolute Gasteiger partial charge is 0.447 e. The molecule has 2 aromatic carbocycles. The van der Waals surface area contributed by atoms with Crippen LogP contribution < -0.4 is 16.7 Å². The average Bonchev–Trinajstić information content (AvgIpc) is 3.14. The molecule has 2 amide bonds. The first-order chi connectivity index (χ1) is 18.1. The number of carbonyl (C=O) groups is 2. The number of hydrogen-bond donors (Lipinski definition) is 2. The molecule has 3 aromatic rings. The second-order valence-corrected chi connectivity index (χ2v) is 8.60. The zero-order valence-electron chi connectivity index (χ0n) is 19.7. The van der Waals surface area contributed by atoms with Crippen molar-refractivity contribution in [1.29, 1.82) is 0 Å². The highest BCUT2D eigenvalue weighted by molar-refractivity contribution is 6.30. The number of nitrogens with zero attached hydrogens (tertiary/aromatic N) is 3. The third kappa shape index (κ3) is 8.24. The van der Waals surface area contributed by atoms with Crippen LogP contribution in [0.3, 0.4) is 0 Å². The molecule has 1 unspecified atom stereocenters. The van der Waals surface area contributed by atoms with E-state index in [0.29, 0.717) is 9.70 Å². The van der Waals surface area contributed by atoms with Crippen molar-refractivity contribution in [3.63, 3.8) is 0 Å². The smallest absolute Gasteiger partial charge is 0.416 e. The Labute approximate surface area is 221 Å². The number of nitrogens with two attached hydrogens (primary N) is 1. The number of ether oxygens (including phenoxy) is 1. The number of alkyl halides is 6. The van der Waals surface area contributed by atoms with E-state index in [1.54, 1.807) is 0 Å². The first-order valence-corrected chi connectivity index (χ1v) is 11.4. The van der Waals surface area contributed by atoms with Crippen LogP contribution in [0.15, 0.2) is 53.3 Å². The van der Waals surface area contributed by atoms with Gasteiger partial charge in [-0.2, -0.15) is 26.3 Å². The van der Waals surface area contributed by atoms with Gasteiger partial charge in [0.15, 0.2) is 5.82 Å². The topological polar surface area (TPSA) is 121 Å². The van der Waals surface area contributed by atoms with Crippen molar-refractivity contribution >= 4 is 23.6 Å². The van der Waals surface area contributed by atoms with Crippen molar-refractivity contribution in [2.75, 3.05) is 6.61 Å². The molecule has 16 heteroatoms. The molecule has 0 spiro atoms. The number of primary amides is 1. The summed E-state index contributed by atoms with van der Waals surface area (Å²) < 4.78 is 84.1. The van der Waals surface area contributed by atoms with Gasteiger partial charge in [-0.3, -0.25) is 9.36 Å². The molecule has 210 valence electrons. The fraction of sp³-hybridized carbons (Fsp3) is 0.304. The number of hydrogen-bond acceptors (Lipinski definition) is 5. The Balaban J connectivity index is 1.90. The second kappa shape index (κ2) is 11.8. The summed E-state index contributed by atoms with van der Waals surface area (Å²) in [5, 5.41) is 6.64. The van der Waals surface area contributed by atoms with E-state index < -0.39 is 67.8 Å². The molecule has 0 aliphatic rings. The van der Waals surface area contributed by atoms with E-state index >= 15 is 0 Å². The van der Waals surface area contributed by atoms with E-state index in [-0.39, 0.29) is 17.0 Å². The molecule has 0 bridgehead atoms. The van der Waals surface area contributed by atoms with Crippen LogP contribution in [-0.4, -0.2) is 39.1 Å². The maximum atomic E-state index is 13.2. The van der Waals surface area contributed by atoms with Crippen LogP contribution in [0.2, 0.25) is 5.02 Å². The summed E-state index contributed by atoms with van der Waals surface area (Å²) in [5.41, 5.74) is 3.01. The molecule has 39 heavy (non-hydrogen) atoms. The van der Waals surface area contributed by atoms with Gasteiger partial charge in [-0.1, -0.05) is 23.7 Å². The molecular formula is C23H20ClF6N5O4. The normalized spacial score (nSPS) is 12.7. The van der Waals surface area contributed by atoms with Gasteiger partial charge in [-0.15, -0.1) is 5.10 Å². The molecule has 0 fully saturated rings. The number of nitrogens with one attached hydrogen (secondary N) is 1. The lowest BCUT2D eigenvalue weighted by molar-refractivity contribution is -0.138. The Hall–Kier alpha value is -4.01. The molecule has 9 nitrogen and oxygen atoms in total. The van der Waals surface area contributed by atoms with Gasteiger partial charge in [0.2, 0.25) is 5.91 Å². The molecule has 0 aliphatic carbocycles. The SMILES string of the molecule is NC(=O)OCC(NC(=O)Cn1nc(-c2ccc(Cl)cc2)n(CCC(F)(F)F)c1=O)c1cccc(C(F)(F)F)c1. The van der Waals surface area contributed by atoms with Gasteiger partial charge in [0.05, 0.1) is 18.0 Å². The van der Waals surface area contributed by atoms with Crippen molar-refractivity contribution in [3.05, 3.63) is 75.2 Å². The summed E-state index contributed by atoms with van der Waals surface area (Å²) in [4.78, 5) is 36.7. The molecular weight excluding hydrogens is 560 g/mol. The third-order valence-corrected chi connectivity index (χ3v) is 5.53. The molecule has 3 rings (SSSR count). The Morgan fingerprint density at radius 1 is 1.08 bits per heavy atom. The minimum Gasteiger partial charge on any atom is -0.447 e. The number of halogens is 7. The molecule has 1 atom stereocenters. The van der Waals surface area contributed by atoms with Crippen LogP contribution >= 0.6 is 11.6 Å². The lowest BCUT2D eigenvalue weighted by Gasteiger charge is -2.20. The standard InChI is InChI=1S/C23H20ClF6N5O4/c24-16-6-4-13(5-7-16)19-33-35(21(38)34(19)9-8-22(25,26)27)11-18(36)32-17(12-39-20(31)37)14-2-1-3-15(10-14)23(28,29)30/h1-7,10,17H,8-9,11-12H2,(H2,31,37)(H,32,36). The molecule has 0 aliphatic heterocycles. The van der Waals surface area contributed by atoms with Crippen molar-refractivity contribution in [2.45, 2.75) is 37.9 Å². The Kier molecular flexibility index (Phi) is 8.94. The minimum atomic E-state index is -4.70. The van der Waals surface area contributed by atoms with Gasteiger partial charge in [-0.05, 0) is 42.0 Å². The zero-order chi connectivity index (χ0) is 29.0. The quantitative estimate of drug-likeness (QED) is 0.366. The molecule has 0 saturated heterocycles.